The molecule has 0 heterocycles. The highest BCUT2D eigenvalue weighted by molar-refractivity contribution is 6.34. The van der Waals surface area contributed by atoms with Crippen LogP contribution in [0.3, 0.4) is 0 Å². The van der Waals surface area contributed by atoms with Crippen molar-refractivity contribution in [2.24, 2.45) is 0 Å². The Kier molecular flexibility index (Phi) is 3.26. The van der Waals surface area contributed by atoms with Crippen molar-refractivity contribution in [3.63, 3.8) is 0 Å². The van der Waals surface area contributed by atoms with Gasteiger partial charge in [-0.2, -0.15) is 0 Å². The fraction of sp³-hybridized carbons (Fsp3) is 0.455. The van der Waals surface area contributed by atoms with Crippen molar-refractivity contribution >= 4 is 23.2 Å². The highest BCUT2D eigenvalue weighted by Gasteiger charge is 2.18. The normalized spacial score (nSPS) is 11.8. The van der Waals surface area contributed by atoms with Gasteiger partial charge in [-0.05, 0) is 35.6 Å². The molecule has 0 fully saturated rings. The Morgan fingerprint density at radius 1 is 1.08 bits per heavy atom. The lowest BCUT2D eigenvalue weighted by molar-refractivity contribution is 0.506. The topological polar surface area (TPSA) is 0 Å². The first-order valence-electron chi connectivity index (χ1n) is 4.42. The van der Waals surface area contributed by atoms with Crippen LogP contribution in [-0.4, -0.2) is 0 Å². The summed E-state index contributed by atoms with van der Waals surface area (Å²) in [6.07, 6.45) is 1.07. The van der Waals surface area contributed by atoms with E-state index in [2.05, 4.69) is 20.8 Å². The van der Waals surface area contributed by atoms with E-state index in [0.717, 1.165) is 6.42 Å². The van der Waals surface area contributed by atoms with Gasteiger partial charge in [-0.25, -0.2) is 0 Å². The Balaban J connectivity index is 3.15. The fourth-order valence-corrected chi connectivity index (χ4v) is 1.67. The van der Waals surface area contributed by atoms with Gasteiger partial charge in [0.15, 0.2) is 0 Å². The molecule has 0 atom stereocenters. The van der Waals surface area contributed by atoms with E-state index < -0.39 is 0 Å². The quantitative estimate of drug-likeness (QED) is 0.674. The van der Waals surface area contributed by atoms with Crippen LogP contribution in [-0.2, 0) is 5.41 Å². The molecule has 72 valence electrons. The minimum absolute atomic E-state index is 0.147. The van der Waals surface area contributed by atoms with E-state index in [1.54, 1.807) is 6.07 Å². The highest BCUT2D eigenvalue weighted by atomic mass is 35.5. The zero-order chi connectivity index (χ0) is 10.1. The van der Waals surface area contributed by atoms with Gasteiger partial charge in [0.2, 0.25) is 0 Å². The maximum absolute atomic E-state index is 5.93. The van der Waals surface area contributed by atoms with Gasteiger partial charge in [-0.1, -0.05) is 44.0 Å². The maximum Gasteiger partial charge on any atom is 0.0423 e. The molecule has 0 amide bonds. The van der Waals surface area contributed by atoms with E-state index >= 15 is 0 Å². The summed E-state index contributed by atoms with van der Waals surface area (Å²) in [6.45, 7) is 6.54. The van der Waals surface area contributed by atoms with Crippen LogP contribution in [0.15, 0.2) is 18.2 Å². The van der Waals surface area contributed by atoms with E-state index in [0.29, 0.717) is 10.0 Å². The molecular weight excluding hydrogens is 203 g/mol. The predicted octanol–water partition coefficient (Wildman–Crippen LogP) is 4.68. The summed E-state index contributed by atoms with van der Waals surface area (Å²) in [5.74, 6) is 0. The van der Waals surface area contributed by atoms with Crippen LogP contribution in [0, 0.1) is 0 Å². The maximum atomic E-state index is 5.93. The van der Waals surface area contributed by atoms with Crippen molar-refractivity contribution in [1.29, 1.82) is 0 Å². The Hall–Kier alpha value is -0.200. The summed E-state index contributed by atoms with van der Waals surface area (Å²) in [5.41, 5.74) is 1.35. The number of rotatable bonds is 2. The van der Waals surface area contributed by atoms with Crippen molar-refractivity contribution in [2.75, 3.05) is 0 Å². The van der Waals surface area contributed by atoms with Crippen LogP contribution in [0.2, 0.25) is 10.0 Å². The summed E-state index contributed by atoms with van der Waals surface area (Å²) in [6, 6.07) is 5.73. The molecule has 0 radical (unpaired) electrons. The molecule has 0 aliphatic carbocycles. The van der Waals surface area contributed by atoms with E-state index in [4.69, 9.17) is 23.2 Å². The predicted molar refractivity (Wildman–Crippen MR) is 59.8 cm³/mol. The lowest BCUT2D eigenvalue weighted by Gasteiger charge is -2.23. The van der Waals surface area contributed by atoms with Gasteiger partial charge in [0.25, 0.3) is 0 Å². The molecule has 1 rings (SSSR count). The summed E-state index contributed by atoms with van der Waals surface area (Å²) in [4.78, 5) is 0. The molecule has 0 N–H and O–H groups in total. The lowest BCUT2D eigenvalue weighted by Crippen LogP contribution is -2.15. The van der Waals surface area contributed by atoms with Crippen LogP contribution in [0.1, 0.15) is 32.8 Å². The van der Waals surface area contributed by atoms with Crippen molar-refractivity contribution in [2.45, 2.75) is 32.6 Å². The minimum atomic E-state index is 0.147. The van der Waals surface area contributed by atoms with Gasteiger partial charge >= 0.3 is 0 Å². The van der Waals surface area contributed by atoms with Crippen LogP contribution in [0.5, 0.6) is 0 Å². The first-order chi connectivity index (χ1) is 5.95. The average molecular weight is 217 g/mol. The van der Waals surface area contributed by atoms with Gasteiger partial charge in [-0.15, -0.1) is 0 Å². The van der Waals surface area contributed by atoms with Crippen molar-refractivity contribution in [1.82, 2.24) is 0 Å². The van der Waals surface area contributed by atoms with Crippen molar-refractivity contribution in [3.05, 3.63) is 33.8 Å². The Labute approximate surface area is 89.9 Å². The lowest BCUT2D eigenvalue weighted by atomic mass is 9.82. The Morgan fingerprint density at radius 3 is 1.92 bits per heavy atom. The Morgan fingerprint density at radius 2 is 1.54 bits per heavy atom. The molecule has 1 aromatic rings. The fourth-order valence-electron chi connectivity index (χ4n) is 1.15. The largest absolute Gasteiger partial charge is 0.0843 e. The van der Waals surface area contributed by atoms with E-state index in [9.17, 15) is 0 Å². The third-order valence-electron chi connectivity index (χ3n) is 2.53. The standard InChI is InChI=1S/C11H14Cl2/c1-4-11(2,3)8-5-9(12)7-10(13)6-8/h5-7H,4H2,1-3H3. The van der Waals surface area contributed by atoms with Crippen LogP contribution < -0.4 is 0 Å². The number of hydrogen-bond acceptors (Lipinski definition) is 0. The van der Waals surface area contributed by atoms with E-state index in [1.807, 2.05) is 12.1 Å². The second kappa shape index (κ2) is 3.89. The molecule has 0 aromatic heterocycles. The monoisotopic (exact) mass is 216 g/mol. The van der Waals surface area contributed by atoms with Gasteiger partial charge in [0.05, 0.1) is 0 Å². The molecule has 0 saturated heterocycles. The molecule has 0 saturated carbocycles. The van der Waals surface area contributed by atoms with Gasteiger partial charge in [0, 0.05) is 10.0 Å². The second-order valence-electron chi connectivity index (χ2n) is 3.90. The molecule has 2 heteroatoms. The smallest absolute Gasteiger partial charge is 0.0423 e. The number of hydrogen-bond donors (Lipinski definition) is 0. The van der Waals surface area contributed by atoms with E-state index in [-0.39, 0.29) is 5.41 Å². The third-order valence-corrected chi connectivity index (χ3v) is 2.96. The van der Waals surface area contributed by atoms with Gasteiger partial charge in [0.1, 0.15) is 0 Å². The zero-order valence-electron chi connectivity index (χ0n) is 8.20. The summed E-state index contributed by atoms with van der Waals surface area (Å²) < 4.78 is 0. The minimum Gasteiger partial charge on any atom is -0.0843 e. The molecule has 1 aromatic carbocycles. The van der Waals surface area contributed by atoms with Gasteiger partial charge < -0.3 is 0 Å². The number of benzene rings is 1. The highest BCUT2D eigenvalue weighted by Crippen LogP contribution is 2.31. The van der Waals surface area contributed by atoms with Gasteiger partial charge in [-0.3, -0.25) is 0 Å². The molecule has 0 bridgehead atoms. The molecule has 0 aliphatic heterocycles. The molecule has 13 heavy (non-hydrogen) atoms. The first-order valence-corrected chi connectivity index (χ1v) is 5.18. The van der Waals surface area contributed by atoms with Crippen molar-refractivity contribution < 1.29 is 0 Å². The summed E-state index contributed by atoms with van der Waals surface area (Å²) in [7, 11) is 0. The first kappa shape index (κ1) is 10.9. The SMILES string of the molecule is CCC(C)(C)c1cc(Cl)cc(Cl)c1. The van der Waals surface area contributed by atoms with Crippen LogP contribution in [0.4, 0.5) is 0 Å². The second-order valence-corrected chi connectivity index (χ2v) is 4.77. The molecule has 0 unspecified atom stereocenters. The average Bonchev–Trinajstić information content (AvgIpc) is 2.02. The van der Waals surface area contributed by atoms with Crippen LogP contribution >= 0.6 is 23.2 Å². The third kappa shape index (κ3) is 2.62. The zero-order valence-corrected chi connectivity index (χ0v) is 9.71. The molecule has 0 spiro atoms. The van der Waals surface area contributed by atoms with Crippen LogP contribution in [0.25, 0.3) is 0 Å². The molecular formula is C11H14Cl2. The summed E-state index contributed by atoms with van der Waals surface area (Å²) in [5, 5.41) is 1.42. The summed E-state index contributed by atoms with van der Waals surface area (Å²) >= 11 is 11.9. The molecule has 0 nitrogen and oxygen atoms in total. The van der Waals surface area contributed by atoms with E-state index in [1.165, 1.54) is 5.56 Å². The van der Waals surface area contributed by atoms with Crippen molar-refractivity contribution in [3.8, 4) is 0 Å². The number of halogens is 2. The Bertz CT molecular complexity index is 283. The molecule has 0 aliphatic rings.